The highest BCUT2D eigenvalue weighted by atomic mass is 16.4. The molecule has 0 aliphatic heterocycles. The monoisotopic (exact) mass is 358 g/mol. The third kappa shape index (κ3) is 4.71. The van der Waals surface area contributed by atoms with Crippen LogP contribution in [0.25, 0.3) is 6.08 Å². The van der Waals surface area contributed by atoms with Crippen molar-refractivity contribution >= 4 is 6.08 Å². The van der Waals surface area contributed by atoms with E-state index in [0.29, 0.717) is 5.57 Å². The minimum Gasteiger partial charge on any atom is -0.509 e. The van der Waals surface area contributed by atoms with Gasteiger partial charge < -0.3 is 25.5 Å². The van der Waals surface area contributed by atoms with Crippen molar-refractivity contribution < 1.29 is 25.5 Å². The Labute approximate surface area is 153 Å². The van der Waals surface area contributed by atoms with Crippen LogP contribution in [-0.4, -0.2) is 50.5 Å². The largest absolute Gasteiger partial charge is 0.509 e. The lowest BCUT2D eigenvalue weighted by Gasteiger charge is -2.23. The maximum Gasteiger partial charge on any atom is 0.139 e. The summed E-state index contributed by atoms with van der Waals surface area (Å²) in [6.45, 7) is 3.29. The molecule has 0 heterocycles. The summed E-state index contributed by atoms with van der Waals surface area (Å²) in [4.78, 5) is 0. The number of hydrogen-bond donors (Lipinski definition) is 5. The zero-order valence-electron chi connectivity index (χ0n) is 14.9. The number of rotatable bonds is 6. The molecular weight excluding hydrogens is 332 g/mol. The van der Waals surface area contributed by atoms with E-state index in [-0.39, 0.29) is 5.92 Å². The Morgan fingerprint density at radius 2 is 1.81 bits per heavy atom. The van der Waals surface area contributed by atoms with E-state index in [9.17, 15) is 20.4 Å². The Kier molecular flexibility index (Phi) is 6.94. The molecule has 0 amide bonds. The maximum atomic E-state index is 10.1. The first-order valence-corrected chi connectivity index (χ1v) is 8.56. The molecule has 1 aliphatic carbocycles. The maximum absolute atomic E-state index is 10.1. The average molecular weight is 358 g/mol. The van der Waals surface area contributed by atoms with Gasteiger partial charge in [0.1, 0.15) is 24.1 Å². The highest BCUT2D eigenvalue weighted by molar-refractivity contribution is 5.63. The summed E-state index contributed by atoms with van der Waals surface area (Å²) < 4.78 is 0. The van der Waals surface area contributed by atoms with Gasteiger partial charge >= 0.3 is 0 Å². The zero-order chi connectivity index (χ0) is 19.3. The third-order valence-electron chi connectivity index (χ3n) is 4.55. The fraction of sp³-hybridized carbons (Fsp3) is 0.333. The molecule has 0 aromatic heterocycles. The van der Waals surface area contributed by atoms with Gasteiger partial charge in [0.15, 0.2) is 0 Å². The molecule has 0 bridgehead atoms. The highest BCUT2D eigenvalue weighted by Gasteiger charge is 2.27. The normalized spacial score (nSPS) is 23.2. The second-order valence-electron chi connectivity index (χ2n) is 6.49. The van der Waals surface area contributed by atoms with Gasteiger partial charge in [-0.05, 0) is 41.2 Å². The van der Waals surface area contributed by atoms with Gasteiger partial charge in [-0.25, -0.2) is 0 Å². The molecule has 5 nitrogen and oxygen atoms in total. The predicted octanol–water partition coefficient (Wildman–Crippen LogP) is 2.11. The van der Waals surface area contributed by atoms with Crippen LogP contribution in [0.1, 0.15) is 19.4 Å². The number of hydrogen-bond acceptors (Lipinski definition) is 5. The standard InChI is InChI=1S/C21H26O5/c1-13-8-9-16(11-18(23)20(25)21(26)19(24)12-22)14(2)17(13)10-15-6-4-3-5-7-15/h3-11,13,19-26H,12H2,1-2H3/t13?,19-,20+,21+/m1/s1. The molecule has 4 atom stereocenters. The van der Waals surface area contributed by atoms with Crippen molar-refractivity contribution in [3.63, 3.8) is 0 Å². The van der Waals surface area contributed by atoms with Gasteiger partial charge in [0.25, 0.3) is 0 Å². The summed E-state index contributed by atoms with van der Waals surface area (Å²) >= 11 is 0. The highest BCUT2D eigenvalue weighted by Crippen LogP contribution is 2.32. The van der Waals surface area contributed by atoms with E-state index in [1.165, 1.54) is 6.08 Å². The molecule has 2 rings (SSSR count). The second kappa shape index (κ2) is 8.96. The Bertz CT molecular complexity index is 730. The Balaban J connectivity index is 2.33. The molecule has 0 spiro atoms. The number of benzene rings is 1. The smallest absolute Gasteiger partial charge is 0.139 e. The van der Waals surface area contributed by atoms with Gasteiger partial charge in [0.2, 0.25) is 0 Å². The molecule has 5 N–H and O–H groups in total. The van der Waals surface area contributed by atoms with Crippen molar-refractivity contribution in [1.82, 2.24) is 0 Å². The molecule has 1 aliphatic rings. The molecule has 1 aromatic rings. The van der Waals surface area contributed by atoms with Gasteiger partial charge in [0.05, 0.1) is 6.61 Å². The number of aliphatic hydroxyl groups is 5. The number of allylic oxidation sites excluding steroid dienone is 6. The van der Waals surface area contributed by atoms with Gasteiger partial charge in [-0.2, -0.15) is 0 Å². The SMILES string of the molecule is CC1=C(C=C(O)[C@H](O)[C@@H](O)[C@H](O)CO)C=CC(C)C1=Cc1ccccc1. The quantitative estimate of drug-likeness (QED) is 0.502. The van der Waals surface area contributed by atoms with Crippen LogP contribution in [0.3, 0.4) is 0 Å². The fourth-order valence-electron chi connectivity index (χ4n) is 2.85. The minimum atomic E-state index is -1.69. The van der Waals surface area contributed by atoms with Crippen LogP contribution in [0.2, 0.25) is 0 Å². The van der Waals surface area contributed by atoms with Crippen LogP contribution in [0, 0.1) is 5.92 Å². The van der Waals surface area contributed by atoms with Crippen LogP contribution in [-0.2, 0) is 0 Å². The lowest BCUT2D eigenvalue weighted by atomic mass is 9.84. The topological polar surface area (TPSA) is 101 Å². The Morgan fingerprint density at radius 3 is 2.42 bits per heavy atom. The molecule has 0 saturated heterocycles. The second-order valence-corrected chi connectivity index (χ2v) is 6.49. The molecule has 5 heteroatoms. The lowest BCUT2D eigenvalue weighted by Crippen LogP contribution is -2.40. The first-order chi connectivity index (χ1) is 12.3. The van der Waals surface area contributed by atoms with Crippen LogP contribution >= 0.6 is 0 Å². The summed E-state index contributed by atoms with van der Waals surface area (Å²) in [6, 6.07) is 9.90. The van der Waals surface area contributed by atoms with Gasteiger partial charge in [-0.3, -0.25) is 0 Å². The molecule has 1 unspecified atom stereocenters. The average Bonchev–Trinajstić information content (AvgIpc) is 2.66. The van der Waals surface area contributed by atoms with E-state index < -0.39 is 30.7 Å². The van der Waals surface area contributed by atoms with E-state index in [1.807, 2.05) is 49.4 Å². The first kappa shape index (κ1) is 20.1. The Hall–Kier alpha value is -2.18. The third-order valence-corrected chi connectivity index (χ3v) is 4.55. The van der Waals surface area contributed by atoms with Crippen LogP contribution in [0.5, 0.6) is 0 Å². The van der Waals surface area contributed by atoms with Gasteiger partial charge in [-0.1, -0.05) is 55.5 Å². The van der Waals surface area contributed by atoms with Crippen molar-refractivity contribution in [2.75, 3.05) is 6.61 Å². The van der Waals surface area contributed by atoms with E-state index >= 15 is 0 Å². The molecule has 0 fully saturated rings. The van der Waals surface area contributed by atoms with E-state index in [1.54, 1.807) is 0 Å². The summed E-state index contributed by atoms with van der Waals surface area (Å²) in [5, 5.41) is 48.1. The fourth-order valence-corrected chi connectivity index (χ4v) is 2.85. The van der Waals surface area contributed by atoms with E-state index in [0.717, 1.165) is 16.7 Å². The summed E-state index contributed by atoms with van der Waals surface area (Å²) in [5.41, 5.74) is 3.80. The molecule has 0 saturated carbocycles. The summed E-state index contributed by atoms with van der Waals surface area (Å²) in [5.74, 6) is -0.279. The number of aliphatic hydroxyl groups excluding tert-OH is 5. The summed E-state index contributed by atoms with van der Waals surface area (Å²) in [7, 11) is 0. The molecule has 0 radical (unpaired) electrons. The lowest BCUT2D eigenvalue weighted by molar-refractivity contribution is -0.0741. The van der Waals surface area contributed by atoms with Crippen molar-refractivity contribution in [1.29, 1.82) is 0 Å². The van der Waals surface area contributed by atoms with Crippen LogP contribution in [0.4, 0.5) is 0 Å². The van der Waals surface area contributed by atoms with Crippen molar-refractivity contribution in [3.05, 3.63) is 76.6 Å². The Morgan fingerprint density at radius 1 is 1.15 bits per heavy atom. The van der Waals surface area contributed by atoms with Crippen LogP contribution < -0.4 is 0 Å². The summed E-state index contributed by atoms with van der Waals surface area (Å²) in [6.07, 6.45) is 2.39. The van der Waals surface area contributed by atoms with Crippen LogP contribution in [0.15, 0.2) is 71.0 Å². The predicted molar refractivity (Wildman–Crippen MR) is 101 cm³/mol. The van der Waals surface area contributed by atoms with Gasteiger partial charge in [-0.15, -0.1) is 0 Å². The molecular formula is C21H26O5. The van der Waals surface area contributed by atoms with Crippen molar-refractivity contribution in [3.8, 4) is 0 Å². The van der Waals surface area contributed by atoms with Gasteiger partial charge in [0, 0.05) is 0 Å². The van der Waals surface area contributed by atoms with Crippen molar-refractivity contribution in [2.45, 2.75) is 32.2 Å². The molecule has 140 valence electrons. The molecule has 26 heavy (non-hydrogen) atoms. The van der Waals surface area contributed by atoms with E-state index in [4.69, 9.17) is 5.11 Å². The molecule has 1 aromatic carbocycles. The first-order valence-electron chi connectivity index (χ1n) is 8.56. The minimum absolute atomic E-state index is 0.196. The zero-order valence-corrected chi connectivity index (χ0v) is 14.9. The van der Waals surface area contributed by atoms with E-state index in [2.05, 4.69) is 13.0 Å². The van der Waals surface area contributed by atoms with Crippen molar-refractivity contribution in [2.24, 2.45) is 5.92 Å².